The Morgan fingerprint density at radius 3 is 3.05 bits per heavy atom. The number of pyridine rings is 1. The molecule has 1 aliphatic heterocycles. The first-order chi connectivity index (χ1) is 10.3. The third-order valence-corrected chi connectivity index (χ3v) is 4.28. The number of nitrogens with two attached hydrogens (primary N) is 1. The van der Waals surface area contributed by atoms with Crippen LogP contribution in [0.25, 0.3) is 0 Å². The third kappa shape index (κ3) is 5.12. The van der Waals surface area contributed by atoms with Crippen molar-refractivity contribution in [2.45, 2.75) is 26.3 Å². The molecule has 2 heterocycles. The summed E-state index contributed by atoms with van der Waals surface area (Å²) < 4.78 is 5.72. The van der Waals surface area contributed by atoms with E-state index in [1.165, 1.54) is 0 Å². The van der Waals surface area contributed by atoms with Gasteiger partial charge in [0.2, 0.25) is 5.88 Å². The van der Waals surface area contributed by atoms with Crippen LogP contribution in [0.2, 0.25) is 0 Å². The van der Waals surface area contributed by atoms with Gasteiger partial charge in [-0.25, -0.2) is 9.98 Å². The van der Waals surface area contributed by atoms with Crippen LogP contribution in [-0.4, -0.2) is 47.0 Å². The molecule has 2 N–H and O–H groups in total. The normalized spacial score (nSPS) is 16.0. The van der Waals surface area contributed by atoms with Crippen LogP contribution >= 0.6 is 11.8 Å². The Balaban J connectivity index is 1.94. The average Bonchev–Trinajstić information content (AvgIpc) is 2.54. The molecular weight excluding hydrogens is 284 g/mol. The highest BCUT2D eigenvalue weighted by molar-refractivity contribution is 7.99. The summed E-state index contributed by atoms with van der Waals surface area (Å²) in [5, 5.41) is 0. The van der Waals surface area contributed by atoms with E-state index >= 15 is 0 Å². The molecule has 0 bridgehead atoms. The average molecular weight is 308 g/mol. The van der Waals surface area contributed by atoms with Crippen LogP contribution in [0.3, 0.4) is 0 Å². The first kappa shape index (κ1) is 15.9. The van der Waals surface area contributed by atoms with Gasteiger partial charge in [-0.2, -0.15) is 11.8 Å². The van der Waals surface area contributed by atoms with E-state index in [-0.39, 0.29) is 0 Å². The van der Waals surface area contributed by atoms with Gasteiger partial charge in [0.05, 0.1) is 13.2 Å². The standard InChI is InChI=1S/C15H24N4OS/c1-2-3-9-20-14-13(5-4-6-17-14)12-18-15(16)19-7-10-21-11-8-19/h4-6H,2-3,7-12H2,1H3,(H2,16,18). The Morgan fingerprint density at radius 1 is 1.48 bits per heavy atom. The van der Waals surface area contributed by atoms with Gasteiger partial charge < -0.3 is 15.4 Å². The number of hydrogen-bond donors (Lipinski definition) is 1. The first-order valence-corrected chi connectivity index (χ1v) is 8.66. The molecule has 0 amide bonds. The van der Waals surface area contributed by atoms with Gasteiger partial charge in [0.25, 0.3) is 0 Å². The van der Waals surface area contributed by atoms with Crippen LogP contribution in [-0.2, 0) is 6.54 Å². The lowest BCUT2D eigenvalue weighted by atomic mass is 10.2. The largest absolute Gasteiger partial charge is 0.477 e. The van der Waals surface area contributed by atoms with Crippen LogP contribution in [0.5, 0.6) is 5.88 Å². The maximum atomic E-state index is 6.07. The van der Waals surface area contributed by atoms with E-state index in [0.717, 1.165) is 43.0 Å². The Morgan fingerprint density at radius 2 is 2.29 bits per heavy atom. The summed E-state index contributed by atoms with van der Waals surface area (Å²) in [6.07, 6.45) is 3.90. The predicted molar refractivity (Wildman–Crippen MR) is 88.9 cm³/mol. The predicted octanol–water partition coefficient (Wildman–Crippen LogP) is 2.12. The molecule has 1 aromatic rings. The maximum Gasteiger partial charge on any atom is 0.218 e. The van der Waals surface area contributed by atoms with Crippen molar-refractivity contribution in [3.63, 3.8) is 0 Å². The minimum absolute atomic E-state index is 0.519. The van der Waals surface area contributed by atoms with E-state index in [1.54, 1.807) is 6.20 Å². The molecule has 0 radical (unpaired) electrons. The van der Waals surface area contributed by atoms with E-state index in [9.17, 15) is 0 Å². The van der Waals surface area contributed by atoms with Gasteiger partial charge in [0, 0.05) is 36.4 Å². The summed E-state index contributed by atoms with van der Waals surface area (Å²) in [7, 11) is 0. The molecule has 0 saturated carbocycles. The highest BCUT2D eigenvalue weighted by atomic mass is 32.2. The van der Waals surface area contributed by atoms with Crippen molar-refractivity contribution in [3.8, 4) is 5.88 Å². The molecule has 1 fully saturated rings. The molecule has 21 heavy (non-hydrogen) atoms. The fraction of sp³-hybridized carbons (Fsp3) is 0.600. The second kappa shape index (κ2) is 8.77. The molecule has 2 rings (SSSR count). The van der Waals surface area contributed by atoms with Crippen LogP contribution < -0.4 is 10.5 Å². The quantitative estimate of drug-likeness (QED) is 0.495. The number of unbranched alkanes of at least 4 members (excludes halogenated alkanes) is 1. The lowest BCUT2D eigenvalue weighted by Crippen LogP contribution is -2.42. The van der Waals surface area contributed by atoms with E-state index in [4.69, 9.17) is 10.5 Å². The minimum Gasteiger partial charge on any atom is -0.477 e. The van der Waals surface area contributed by atoms with Crippen molar-refractivity contribution in [3.05, 3.63) is 23.9 Å². The summed E-state index contributed by atoms with van der Waals surface area (Å²) in [6, 6.07) is 3.91. The van der Waals surface area contributed by atoms with E-state index in [1.807, 2.05) is 23.9 Å². The van der Waals surface area contributed by atoms with E-state index in [0.29, 0.717) is 25.0 Å². The zero-order valence-electron chi connectivity index (χ0n) is 12.6. The van der Waals surface area contributed by atoms with Crippen LogP contribution in [0, 0.1) is 0 Å². The summed E-state index contributed by atoms with van der Waals surface area (Å²) >= 11 is 1.96. The molecule has 6 heteroatoms. The third-order valence-electron chi connectivity index (χ3n) is 3.33. The molecular formula is C15H24N4OS. The topological polar surface area (TPSA) is 63.7 Å². The number of ether oxygens (including phenoxy) is 1. The molecule has 0 aliphatic carbocycles. The van der Waals surface area contributed by atoms with Crippen molar-refractivity contribution in [2.75, 3.05) is 31.2 Å². The van der Waals surface area contributed by atoms with Crippen LogP contribution in [0.4, 0.5) is 0 Å². The maximum absolute atomic E-state index is 6.07. The van der Waals surface area contributed by atoms with E-state index < -0.39 is 0 Å². The lowest BCUT2D eigenvalue weighted by Gasteiger charge is -2.27. The molecule has 116 valence electrons. The Kier molecular flexibility index (Phi) is 6.66. The van der Waals surface area contributed by atoms with Gasteiger partial charge in [-0.1, -0.05) is 19.4 Å². The zero-order valence-corrected chi connectivity index (χ0v) is 13.4. The van der Waals surface area contributed by atoms with Crippen LogP contribution in [0.15, 0.2) is 23.3 Å². The Hall–Kier alpha value is -1.43. The van der Waals surface area contributed by atoms with Crippen molar-refractivity contribution in [1.82, 2.24) is 9.88 Å². The first-order valence-electron chi connectivity index (χ1n) is 7.50. The van der Waals surface area contributed by atoms with Gasteiger partial charge in [-0.3, -0.25) is 0 Å². The minimum atomic E-state index is 0.519. The van der Waals surface area contributed by atoms with Crippen molar-refractivity contribution >= 4 is 17.7 Å². The van der Waals surface area contributed by atoms with Gasteiger partial charge in [0.1, 0.15) is 0 Å². The van der Waals surface area contributed by atoms with Gasteiger partial charge in [0.15, 0.2) is 5.96 Å². The second-order valence-corrected chi connectivity index (χ2v) is 6.17. The molecule has 5 nitrogen and oxygen atoms in total. The van der Waals surface area contributed by atoms with Crippen LogP contribution in [0.1, 0.15) is 25.3 Å². The molecule has 1 aromatic heterocycles. The molecule has 0 spiro atoms. The highest BCUT2D eigenvalue weighted by Crippen LogP contribution is 2.16. The van der Waals surface area contributed by atoms with Gasteiger partial charge in [-0.05, 0) is 12.5 Å². The van der Waals surface area contributed by atoms with E-state index in [2.05, 4.69) is 21.8 Å². The molecule has 1 saturated heterocycles. The smallest absolute Gasteiger partial charge is 0.218 e. The number of thioether (sulfide) groups is 1. The number of rotatable bonds is 6. The van der Waals surface area contributed by atoms with Gasteiger partial charge in [-0.15, -0.1) is 0 Å². The molecule has 0 atom stereocenters. The second-order valence-electron chi connectivity index (χ2n) is 4.94. The SMILES string of the molecule is CCCCOc1ncccc1CN=C(N)N1CCSCC1. The van der Waals surface area contributed by atoms with Gasteiger partial charge >= 0.3 is 0 Å². The fourth-order valence-electron chi connectivity index (χ4n) is 2.05. The monoisotopic (exact) mass is 308 g/mol. The molecule has 0 aromatic carbocycles. The summed E-state index contributed by atoms with van der Waals surface area (Å²) in [5.41, 5.74) is 7.06. The Labute approximate surface area is 131 Å². The number of guanidine groups is 1. The van der Waals surface area contributed by atoms with Crippen molar-refractivity contribution in [1.29, 1.82) is 0 Å². The number of aromatic nitrogens is 1. The number of aliphatic imine (C=N–C) groups is 1. The number of nitrogens with zero attached hydrogens (tertiary/aromatic N) is 3. The summed E-state index contributed by atoms with van der Waals surface area (Å²) in [6.45, 7) is 5.32. The lowest BCUT2D eigenvalue weighted by molar-refractivity contribution is 0.294. The molecule has 0 unspecified atom stereocenters. The zero-order chi connectivity index (χ0) is 14.9. The summed E-state index contributed by atoms with van der Waals surface area (Å²) in [4.78, 5) is 10.9. The molecule has 1 aliphatic rings. The fourth-order valence-corrected chi connectivity index (χ4v) is 2.95. The highest BCUT2D eigenvalue weighted by Gasteiger charge is 2.12. The Bertz CT molecular complexity index is 461. The number of hydrogen-bond acceptors (Lipinski definition) is 4. The summed E-state index contributed by atoms with van der Waals surface area (Å²) in [5.74, 6) is 3.54. The van der Waals surface area contributed by atoms with Crippen molar-refractivity contribution in [2.24, 2.45) is 10.7 Å². The van der Waals surface area contributed by atoms with Crippen molar-refractivity contribution < 1.29 is 4.74 Å².